The molecule has 2 aliphatic rings. The fourth-order valence-corrected chi connectivity index (χ4v) is 1.98. The van der Waals surface area contributed by atoms with Crippen LogP contribution in [-0.4, -0.2) is 18.3 Å². The molecule has 0 N–H and O–H groups in total. The van der Waals surface area contributed by atoms with E-state index in [-0.39, 0.29) is 17.8 Å². The van der Waals surface area contributed by atoms with Gasteiger partial charge in [-0.25, -0.2) is 9.78 Å². The van der Waals surface area contributed by atoms with Gasteiger partial charge in [-0.3, -0.25) is 0 Å². The molecule has 0 spiro atoms. The third-order valence-corrected chi connectivity index (χ3v) is 2.98. The summed E-state index contributed by atoms with van der Waals surface area (Å²) in [6.07, 6.45) is 0.101. The summed E-state index contributed by atoms with van der Waals surface area (Å²) in [5.74, 6) is 0. The molecule has 0 aliphatic carbocycles. The molecule has 3 rings (SSSR count). The minimum atomic E-state index is -0.181. The molecule has 3 atom stereocenters. The third kappa shape index (κ3) is 1.10. The van der Waals surface area contributed by atoms with E-state index in [4.69, 9.17) is 14.5 Å². The van der Waals surface area contributed by atoms with Gasteiger partial charge in [0.1, 0.15) is 24.4 Å². The molecule has 0 unspecified atom stereocenters. The molecule has 2 saturated heterocycles. The van der Waals surface area contributed by atoms with Gasteiger partial charge in [0.15, 0.2) is 0 Å². The number of hydrogen-bond donors (Lipinski definition) is 0. The summed E-state index contributed by atoms with van der Waals surface area (Å²) in [5, 5.41) is 0. The number of rotatable bonds is 1. The highest BCUT2D eigenvalue weighted by atomic mass is 17.2. The molecule has 2 aliphatic heterocycles. The van der Waals surface area contributed by atoms with Gasteiger partial charge >= 0.3 is 0 Å². The van der Waals surface area contributed by atoms with Crippen molar-refractivity contribution in [3.8, 4) is 0 Å². The monoisotopic (exact) mass is 192 g/mol. The number of ether oxygens (including phenoxy) is 1. The van der Waals surface area contributed by atoms with Gasteiger partial charge in [-0.05, 0) is 12.5 Å². The summed E-state index contributed by atoms with van der Waals surface area (Å²) in [6, 6.07) is 10.0. The van der Waals surface area contributed by atoms with Gasteiger partial charge in [0.2, 0.25) is 0 Å². The number of hydrogen-bond acceptors (Lipinski definition) is 3. The van der Waals surface area contributed by atoms with E-state index >= 15 is 0 Å². The maximum absolute atomic E-state index is 5.58. The topological polar surface area (TPSA) is 31.0 Å². The van der Waals surface area contributed by atoms with Gasteiger partial charge in [0.05, 0.1) is 0 Å². The van der Waals surface area contributed by atoms with Crippen molar-refractivity contribution in [3.05, 3.63) is 35.9 Å². The lowest BCUT2D eigenvalue weighted by atomic mass is 9.94. The minimum Gasteiger partial charge on any atom is -0.360 e. The second-order valence-corrected chi connectivity index (χ2v) is 3.96. The van der Waals surface area contributed by atoms with Crippen molar-refractivity contribution < 1.29 is 14.5 Å². The van der Waals surface area contributed by atoms with E-state index in [1.165, 1.54) is 0 Å². The summed E-state index contributed by atoms with van der Waals surface area (Å²) in [6.45, 7) is 2.61. The van der Waals surface area contributed by atoms with Crippen LogP contribution in [0.15, 0.2) is 30.3 Å². The second kappa shape index (κ2) is 2.79. The average molecular weight is 192 g/mol. The first-order valence-electron chi connectivity index (χ1n) is 4.82. The highest BCUT2D eigenvalue weighted by molar-refractivity contribution is 5.24. The van der Waals surface area contributed by atoms with Crippen molar-refractivity contribution in [2.45, 2.75) is 24.7 Å². The van der Waals surface area contributed by atoms with Crippen LogP contribution in [0.2, 0.25) is 0 Å². The van der Waals surface area contributed by atoms with E-state index in [1.54, 1.807) is 0 Å². The maximum atomic E-state index is 5.58. The van der Waals surface area contributed by atoms with E-state index < -0.39 is 0 Å². The first kappa shape index (κ1) is 8.41. The number of benzene rings is 1. The van der Waals surface area contributed by atoms with Crippen molar-refractivity contribution in [2.75, 3.05) is 6.61 Å². The highest BCUT2D eigenvalue weighted by Gasteiger charge is 2.62. The van der Waals surface area contributed by atoms with Gasteiger partial charge < -0.3 is 4.74 Å². The SMILES string of the molecule is C[C@]12O[C@H]1COO[C@@H]2c1ccccc1. The van der Waals surface area contributed by atoms with Crippen LogP contribution < -0.4 is 0 Å². The molecule has 0 amide bonds. The number of fused-ring (bicyclic) bond motifs is 1. The predicted molar refractivity (Wildman–Crippen MR) is 49.5 cm³/mol. The van der Waals surface area contributed by atoms with Crippen molar-refractivity contribution in [1.29, 1.82) is 0 Å². The summed E-state index contributed by atoms with van der Waals surface area (Å²) < 4.78 is 5.58. The normalized spacial score (nSPS) is 40.4. The van der Waals surface area contributed by atoms with E-state index in [9.17, 15) is 0 Å². The lowest BCUT2D eigenvalue weighted by Crippen LogP contribution is -2.31. The highest BCUT2D eigenvalue weighted by Crippen LogP contribution is 2.51. The first-order chi connectivity index (χ1) is 6.81. The Morgan fingerprint density at radius 3 is 2.86 bits per heavy atom. The van der Waals surface area contributed by atoms with E-state index in [0.29, 0.717) is 6.61 Å². The average Bonchev–Trinajstić information content (AvgIpc) is 2.90. The summed E-state index contributed by atoms with van der Waals surface area (Å²) >= 11 is 0. The van der Waals surface area contributed by atoms with Crippen LogP contribution in [0.5, 0.6) is 0 Å². The van der Waals surface area contributed by atoms with Crippen LogP contribution in [0, 0.1) is 0 Å². The largest absolute Gasteiger partial charge is 0.360 e. The Balaban J connectivity index is 1.91. The molecule has 0 saturated carbocycles. The van der Waals surface area contributed by atoms with Crippen LogP contribution in [0.4, 0.5) is 0 Å². The first-order valence-corrected chi connectivity index (χ1v) is 4.82. The molecule has 1 aromatic rings. The van der Waals surface area contributed by atoms with E-state index in [1.807, 2.05) is 30.3 Å². The lowest BCUT2D eigenvalue weighted by Gasteiger charge is -2.24. The fraction of sp³-hybridized carbons (Fsp3) is 0.455. The van der Waals surface area contributed by atoms with Crippen LogP contribution in [-0.2, 0) is 14.5 Å². The summed E-state index contributed by atoms with van der Waals surface area (Å²) in [5.41, 5.74) is 0.928. The zero-order valence-corrected chi connectivity index (χ0v) is 7.97. The summed E-state index contributed by atoms with van der Waals surface area (Å²) in [7, 11) is 0. The second-order valence-electron chi connectivity index (χ2n) is 3.96. The maximum Gasteiger partial charge on any atom is 0.149 e. The Kier molecular flexibility index (Phi) is 1.68. The zero-order chi connectivity index (χ0) is 9.60. The Morgan fingerprint density at radius 2 is 2.07 bits per heavy atom. The smallest absolute Gasteiger partial charge is 0.149 e. The van der Waals surface area contributed by atoms with E-state index in [0.717, 1.165) is 5.56 Å². The van der Waals surface area contributed by atoms with Crippen LogP contribution in [0.1, 0.15) is 18.6 Å². The predicted octanol–water partition coefficient (Wildman–Crippen LogP) is 1.85. The van der Waals surface area contributed by atoms with Gasteiger partial charge in [0, 0.05) is 0 Å². The molecule has 1 aromatic carbocycles. The number of epoxide rings is 1. The standard InChI is InChI=1S/C11H12O3/c1-11-9(13-11)7-12-14-10(11)8-5-3-2-4-6-8/h2-6,9-10H,7H2,1H3/t9-,10+,11-/m0/s1. The third-order valence-electron chi connectivity index (χ3n) is 2.98. The quantitative estimate of drug-likeness (QED) is 0.502. The van der Waals surface area contributed by atoms with Crippen LogP contribution >= 0.6 is 0 Å². The van der Waals surface area contributed by atoms with Gasteiger partial charge in [-0.15, -0.1) is 0 Å². The lowest BCUT2D eigenvalue weighted by molar-refractivity contribution is -0.347. The van der Waals surface area contributed by atoms with Gasteiger partial charge in [0.25, 0.3) is 0 Å². The van der Waals surface area contributed by atoms with E-state index in [2.05, 4.69) is 6.92 Å². The zero-order valence-electron chi connectivity index (χ0n) is 7.97. The molecule has 2 fully saturated rings. The Hall–Kier alpha value is -0.900. The molecule has 0 radical (unpaired) electrons. The Morgan fingerprint density at radius 1 is 1.29 bits per heavy atom. The molecule has 3 heteroatoms. The molecule has 3 nitrogen and oxygen atoms in total. The molecular weight excluding hydrogens is 180 g/mol. The van der Waals surface area contributed by atoms with Crippen molar-refractivity contribution in [2.24, 2.45) is 0 Å². The van der Waals surface area contributed by atoms with Crippen LogP contribution in [0.25, 0.3) is 0 Å². The molecular formula is C11H12O3. The molecule has 0 aromatic heterocycles. The molecule has 74 valence electrons. The Bertz CT molecular complexity index is 338. The van der Waals surface area contributed by atoms with Gasteiger partial charge in [-0.2, -0.15) is 0 Å². The van der Waals surface area contributed by atoms with Gasteiger partial charge in [-0.1, -0.05) is 30.3 Å². The fourth-order valence-electron chi connectivity index (χ4n) is 1.98. The van der Waals surface area contributed by atoms with Crippen LogP contribution in [0.3, 0.4) is 0 Å². The molecule has 0 bridgehead atoms. The van der Waals surface area contributed by atoms with Crippen molar-refractivity contribution >= 4 is 0 Å². The molecule has 2 heterocycles. The van der Waals surface area contributed by atoms with Crippen molar-refractivity contribution in [1.82, 2.24) is 0 Å². The van der Waals surface area contributed by atoms with Crippen molar-refractivity contribution in [3.63, 3.8) is 0 Å². The molecule has 14 heavy (non-hydrogen) atoms. The Labute approximate surface area is 82.5 Å². The minimum absolute atomic E-state index is 0.0950. The summed E-state index contributed by atoms with van der Waals surface area (Å²) in [4.78, 5) is 10.3.